The van der Waals surface area contributed by atoms with Gasteiger partial charge < -0.3 is 5.11 Å². The van der Waals surface area contributed by atoms with E-state index < -0.39 is 0 Å². The maximum atomic E-state index is 11.4. The van der Waals surface area contributed by atoms with Crippen LogP contribution in [0.1, 0.15) is 20.3 Å². The molecule has 5 heteroatoms. The van der Waals surface area contributed by atoms with Gasteiger partial charge in [-0.05, 0) is 19.4 Å². The van der Waals surface area contributed by atoms with E-state index in [4.69, 9.17) is 5.11 Å². The fourth-order valence-corrected chi connectivity index (χ4v) is 1.25. The highest BCUT2D eigenvalue weighted by Crippen LogP contribution is 2.18. The summed E-state index contributed by atoms with van der Waals surface area (Å²) < 4.78 is 0. The van der Waals surface area contributed by atoms with Crippen molar-refractivity contribution in [3.8, 4) is 0 Å². The second-order valence-corrected chi connectivity index (χ2v) is 3.16. The zero-order chi connectivity index (χ0) is 10.6. The number of nitrogens with zero attached hydrogens (tertiary/aromatic N) is 1. The normalized spacial score (nSPS) is 15.8. The average Bonchev–Trinajstić information content (AvgIpc) is 2.45. The fourth-order valence-electron chi connectivity index (χ4n) is 1.25. The van der Waals surface area contributed by atoms with E-state index >= 15 is 0 Å². The van der Waals surface area contributed by atoms with Gasteiger partial charge in [0.1, 0.15) is 5.70 Å². The molecule has 0 fully saturated rings. The van der Waals surface area contributed by atoms with Crippen molar-refractivity contribution in [1.29, 1.82) is 0 Å². The quantitative estimate of drug-likeness (QED) is 0.499. The first-order valence-corrected chi connectivity index (χ1v) is 4.42. The summed E-state index contributed by atoms with van der Waals surface area (Å²) in [6.45, 7) is 3.70. The lowest BCUT2D eigenvalue weighted by atomic mass is 10.1. The first-order chi connectivity index (χ1) is 6.65. The van der Waals surface area contributed by atoms with E-state index in [0.29, 0.717) is 5.70 Å². The standard InChI is InChI=1S/C9H14N2O3/c1-6-5-7(2)10-8(6)9(13)11-14-4-3-12/h12H,3-5H2,1-2H3,(H,11,13). The van der Waals surface area contributed by atoms with Gasteiger partial charge in [0.2, 0.25) is 0 Å². The van der Waals surface area contributed by atoms with Crippen LogP contribution < -0.4 is 5.48 Å². The Morgan fingerprint density at radius 1 is 1.64 bits per heavy atom. The minimum Gasteiger partial charge on any atom is -0.394 e. The summed E-state index contributed by atoms with van der Waals surface area (Å²) in [5.74, 6) is -0.354. The largest absolute Gasteiger partial charge is 0.394 e. The van der Waals surface area contributed by atoms with Crippen LogP contribution >= 0.6 is 0 Å². The number of aliphatic hydroxyl groups is 1. The third-order valence-electron chi connectivity index (χ3n) is 1.80. The highest BCUT2D eigenvalue weighted by Gasteiger charge is 2.18. The van der Waals surface area contributed by atoms with Crippen LogP contribution in [0.4, 0.5) is 0 Å². The van der Waals surface area contributed by atoms with Crippen molar-refractivity contribution >= 4 is 11.6 Å². The van der Waals surface area contributed by atoms with E-state index in [9.17, 15) is 4.79 Å². The summed E-state index contributed by atoms with van der Waals surface area (Å²) in [6, 6.07) is 0. The molecular weight excluding hydrogens is 184 g/mol. The molecule has 1 amide bonds. The van der Waals surface area contributed by atoms with Crippen LogP contribution in [0, 0.1) is 0 Å². The SMILES string of the molecule is CC1=NC(C(=O)NOCCO)=C(C)C1. The van der Waals surface area contributed by atoms with Gasteiger partial charge in [-0.15, -0.1) is 0 Å². The van der Waals surface area contributed by atoms with Crippen molar-refractivity contribution in [2.24, 2.45) is 4.99 Å². The van der Waals surface area contributed by atoms with Gasteiger partial charge in [0, 0.05) is 12.1 Å². The van der Waals surface area contributed by atoms with Crippen molar-refractivity contribution < 1.29 is 14.7 Å². The van der Waals surface area contributed by atoms with Crippen LogP contribution in [0.3, 0.4) is 0 Å². The summed E-state index contributed by atoms with van der Waals surface area (Å²) in [6.07, 6.45) is 0.739. The molecule has 1 rings (SSSR count). The van der Waals surface area contributed by atoms with Gasteiger partial charge in [0.25, 0.3) is 5.91 Å². The summed E-state index contributed by atoms with van der Waals surface area (Å²) in [7, 11) is 0. The number of hydrogen-bond donors (Lipinski definition) is 2. The minimum absolute atomic E-state index is 0.0841. The smallest absolute Gasteiger partial charge is 0.293 e. The van der Waals surface area contributed by atoms with Gasteiger partial charge in [-0.2, -0.15) is 0 Å². The lowest BCUT2D eigenvalue weighted by Crippen LogP contribution is -2.26. The maximum Gasteiger partial charge on any atom is 0.293 e. The van der Waals surface area contributed by atoms with Crippen LogP contribution in [0.5, 0.6) is 0 Å². The number of carbonyl (C=O) groups is 1. The third kappa shape index (κ3) is 2.65. The number of nitrogens with one attached hydrogen (secondary N) is 1. The first-order valence-electron chi connectivity index (χ1n) is 4.42. The molecule has 78 valence electrons. The summed E-state index contributed by atoms with van der Waals surface area (Å²) in [5, 5.41) is 8.42. The fraction of sp³-hybridized carbons (Fsp3) is 0.556. The summed E-state index contributed by atoms with van der Waals surface area (Å²) in [4.78, 5) is 20.2. The lowest BCUT2D eigenvalue weighted by Gasteiger charge is -2.03. The molecule has 0 aliphatic carbocycles. The van der Waals surface area contributed by atoms with E-state index in [2.05, 4.69) is 15.3 Å². The second-order valence-electron chi connectivity index (χ2n) is 3.16. The highest BCUT2D eigenvalue weighted by molar-refractivity contribution is 6.01. The van der Waals surface area contributed by atoms with E-state index in [-0.39, 0.29) is 19.1 Å². The molecule has 0 unspecified atom stereocenters. The highest BCUT2D eigenvalue weighted by atomic mass is 16.7. The van der Waals surface area contributed by atoms with Gasteiger partial charge in [-0.1, -0.05) is 0 Å². The second kappa shape index (κ2) is 4.88. The van der Waals surface area contributed by atoms with Crippen LogP contribution in [0.25, 0.3) is 0 Å². The molecule has 0 aromatic carbocycles. The number of amides is 1. The van der Waals surface area contributed by atoms with Gasteiger partial charge in [0.15, 0.2) is 0 Å². The topological polar surface area (TPSA) is 70.9 Å². The van der Waals surface area contributed by atoms with Crippen molar-refractivity contribution in [3.63, 3.8) is 0 Å². The molecule has 0 spiro atoms. The molecule has 0 aromatic heterocycles. The number of rotatable bonds is 4. The van der Waals surface area contributed by atoms with Crippen molar-refractivity contribution in [3.05, 3.63) is 11.3 Å². The molecule has 1 heterocycles. The van der Waals surface area contributed by atoms with Crippen molar-refractivity contribution in [2.75, 3.05) is 13.2 Å². The molecule has 0 bridgehead atoms. The molecule has 0 radical (unpaired) electrons. The molecule has 1 aliphatic heterocycles. The summed E-state index contributed by atoms with van der Waals surface area (Å²) in [5.41, 5.74) is 4.49. The number of carbonyl (C=O) groups excluding carboxylic acids is 1. The molecular formula is C9H14N2O3. The van der Waals surface area contributed by atoms with E-state index in [0.717, 1.165) is 17.7 Å². The van der Waals surface area contributed by atoms with E-state index in [1.807, 2.05) is 13.8 Å². The predicted octanol–water partition coefficient (Wildman–Crippen LogP) is 0.165. The zero-order valence-electron chi connectivity index (χ0n) is 8.33. The number of hydroxylamine groups is 1. The Bertz CT molecular complexity index is 294. The molecule has 0 atom stereocenters. The van der Waals surface area contributed by atoms with Crippen LogP contribution in [0.2, 0.25) is 0 Å². The molecule has 14 heavy (non-hydrogen) atoms. The van der Waals surface area contributed by atoms with Crippen LogP contribution in [0.15, 0.2) is 16.3 Å². The van der Waals surface area contributed by atoms with Gasteiger partial charge >= 0.3 is 0 Å². The molecule has 0 saturated heterocycles. The Balaban J connectivity index is 2.48. The first kappa shape index (κ1) is 10.9. The number of aliphatic hydroxyl groups excluding tert-OH is 1. The van der Waals surface area contributed by atoms with Crippen molar-refractivity contribution in [1.82, 2.24) is 5.48 Å². The van der Waals surface area contributed by atoms with Crippen LogP contribution in [-0.4, -0.2) is 29.9 Å². The minimum atomic E-state index is -0.354. The molecule has 0 saturated carbocycles. The predicted molar refractivity (Wildman–Crippen MR) is 51.6 cm³/mol. The number of hydrogen-bond acceptors (Lipinski definition) is 4. The van der Waals surface area contributed by atoms with Gasteiger partial charge in [-0.3, -0.25) is 14.6 Å². The van der Waals surface area contributed by atoms with E-state index in [1.54, 1.807) is 0 Å². The number of allylic oxidation sites excluding steroid dienone is 1. The molecule has 0 aromatic rings. The Hall–Kier alpha value is -1.20. The Labute approximate surface area is 82.4 Å². The number of aliphatic imine (C=N–C) groups is 1. The van der Waals surface area contributed by atoms with Gasteiger partial charge in [-0.25, -0.2) is 5.48 Å². The Morgan fingerprint density at radius 3 is 2.86 bits per heavy atom. The summed E-state index contributed by atoms with van der Waals surface area (Å²) >= 11 is 0. The molecule has 2 N–H and O–H groups in total. The molecule has 1 aliphatic rings. The monoisotopic (exact) mass is 198 g/mol. The van der Waals surface area contributed by atoms with Crippen molar-refractivity contribution in [2.45, 2.75) is 20.3 Å². The van der Waals surface area contributed by atoms with E-state index in [1.165, 1.54) is 0 Å². The van der Waals surface area contributed by atoms with Gasteiger partial charge in [0.05, 0.1) is 13.2 Å². The Kier molecular flexibility index (Phi) is 3.79. The maximum absolute atomic E-state index is 11.4. The average molecular weight is 198 g/mol. The Morgan fingerprint density at radius 2 is 2.36 bits per heavy atom. The van der Waals surface area contributed by atoms with Crippen LogP contribution in [-0.2, 0) is 9.63 Å². The third-order valence-corrected chi connectivity index (χ3v) is 1.80. The zero-order valence-corrected chi connectivity index (χ0v) is 8.33. The lowest BCUT2D eigenvalue weighted by molar-refractivity contribution is -0.130. The molecule has 5 nitrogen and oxygen atoms in total.